The Bertz CT molecular complexity index is 904. The molecule has 1 heterocycles. The monoisotopic (exact) mass is 442 g/mol. The Labute approximate surface area is 188 Å². The number of urea groups is 1. The Morgan fingerprint density at radius 3 is 2.19 bits per heavy atom. The Morgan fingerprint density at radius 2 is 1.58 bits per heavy atom. The van der Waals surface area contributed by atoms with Crippen LogP contribution in [0, 0.1) is 0 Å². The molecule has 1 aliphatic rings. The number of hydrogen-bond donors (Lipinski definition) is 2. The summed E-state index contributed by atoms with van der Waals surface area (Å²) in [6.07, 6.45) is 1.71. The second kappa shape index (κ2) is 9.96. The number of para-hydroxylation sites is 1. The van der Waals surface area contributed by atoms with Gasteiger partial charge in [0, 0.05) is 42.4 Å². The smallest absolute Gasteiger partial charge is 0.410 e. The van der Waals surface area contributed by atoms with Crippen LogP contribution in [0.25, 0.3) is 0 Å². The van der Waals surface area contributed by atoms with Crippen LogP contribution in [-0.2, 0) is 4.74 Å². The van der Waals surface area contributed by atoms with Crippen molar-refractivity contribution in [3.63, 3.8) is 0 Å². The molecule has 3 amide bonds. The van der Waals surface area contributed by atoms with Crippen molar-refractivity contribution in [3.05, 3.63) is 48.5 Å². The molecule has 0 atom stereocenters. The number of carbonyl (C=O) groups excluding carboxylic acids is 2. The third kappa shape index (κ3) is 6.55. The first kappa shape index (κ1) is 22.8. The molecule has 0 aromatic heterocycles. The highest BCUT2D eigenvalue weighted by Gasteiger charge is 2.25. The number of ether oxygens (including phenoxy) is 1. The average Bonchev–Trinajstić information content (AvgIpc) is 2.73. The van der Waals surface area contributed by atoms with Gasteiger partial charge < -0.3 is 25.2 Å². The average molecular weight is 443 g/mol. The zero-order valence-electron chi connectivity index (χ0n) is 18.5. The van der Waals surface area contributed by atoms with Gasteiger partial charge in [-0.05, 0) is 63.4 Å². The van der Waals surface area contributed by atoms with Crippen LogP contribution >= 0.6 is 11.8 Å². The zero-order valence-corrected chi connectivity index (χ0v) is 19.3. The van der Waals surface area contributed by atoms with Crippen LogP contribution in [-0.4, -0.2) is 55.1 Å². The van der Waals surface area contributed by atoms with Crippen LogP contribution in [0.2, 0.25) is 0 Å². The lowest BCUT2D eigenvalue weighted by Crippen LogP contribution is -2.50. The molecule has 0 bridgehead atoms. The lowest BCUT2D eigenvalue weighted by Gasteiger charge is -2.36. The number of nitrogens with one attached hydrogen (secondary N) is 2. The van der Waals surface area contributed by atoms with Crippen LogP contribution in [0.4, 0.5) is 26.7 Å². The number of thioether (sulfide) groups is 1. The maximum absolute atomic E-state index is 12.3. The molecule has 0 spiro atoms. The number of benzene rings is 2. The van der Waals surface area contributed by atoms with Crippen molar-refractivity contribution in [2.45, 2.75) is 31.3 Å². The van der Waals surface area contributed by atoms with Crippen molar-refractivity contribution >= 4 is 40.9 Å². The summed E-state index contributed by atoms with van der Waals surface area (Å²) in [5.74, 6) is 0. The van der Waals surface area contributed by atoms with Crippen molar-refractivity contribution in [1.82, 2.24) is 4.90 Å². The molecule has 0 saturated carbocycles. The van der Waals surface area contributed by atoms with E-state index in [1.165, 1.54) is 0 Å². The van der Waals surface area contributed by atoms with Gasteiger partial charge in [-0.15, -0.1) is 11.8 Å². The highest BCUT2D eigenvalue weighted by molar-refractivity contribution is 7.98. The summed E-state index contributed by atoms with van der Waals surface area (Å²) in [4.78, 5) is 29.5. The third-order valence-electron chi connectivity index (χ3n) is 4.78. The normalized spacial score (nSPS) is 14.2. The molecule has 7 nitrogen and oxygen atoms in total. The lowest BCUT2D eigenvalue weighted by molar-refractivity contribution is 0.0240. The first-order chi connectivity index (χ1) is 14.7. The molecule has 1 saturated heterocycles. The topological polar surface area (TPSA) is 73.9 Å². The van der Waals surface area contributed by atoms with Crippen LogP contribution in [0.5, 0.6) is 0 Å². The fraction of sp³-hybridized carbons (Fsp3) is 0.391. The highest BCUT2D eigenvalue weighted by atomic mass is 32.2. The molecule has 3 rings (SSSR count). The first-order valence-corrected chi connectivity index (χ1v) is 11.5. The van der Waals surface area contributed by atoms with E-state index < -0.39 is 5.60 Å². The standard InChI is InChI=1S/C23H30N4O3S/c1-23(2,3)30-22(29)27-15-13-26(14-16-27)18-11-9-17(10-12-18)24-21(28)25-19-7-5-6-8-20(19)31-4/h5-12H,13-16H2,1-4H3,(H2,24,25,28). The van der Waals surface area contributed by atoms with E-state index in [2.05, 4.69) is 15.5 Å². The highest BCUT2D eigenvalue weighted by Crippen LogP contribution is 2.25. The minimum atomic E-state index is -0.485. The molecule has 1 aliphatic heterocycles. The predicted octanol–water partition coefficient (Wildman–Crippen LogP) is 5.11. The molecule has 8 heteroatoms. The molecule has 0 aliphatic carbocycles. The summed E-state index contributed by atoms with van der Waals surface area (Å²) in [7, 11) is 0. The Hall–Kier alpha value is -2.87. The fourth-order valence-corrected chi connectivity index (χ4v) is 3.82. The number of carbonyl (C=O) groups is 2. The second-order valence-electron chi connectivity index (χ2n) is 8.28. The van der Waals surface area contributed by atoms with Gasteiger partial charge in [-0.1, -0.05) is 12.1 Å². The molecule has 2 N–H and O–H groups in total. The molecular formula is C23H30N4O3S. The predicted molar refractivity (Wildman–Crippen MR) is 127 cm³/mol. The van der Waals surface area contributed by atoms with Crippen molar-refractivity contribution in [2.24, 2.45) is 0 Å². The number of anilines is 3. The van der Waals surface area contributed by atoms with Gasteiger partial charge >= 0.3 is 12.1 Å². The number of rotatable bonds is 4. The summed E-state index contributed by atoms with van der Waals surface area (Å²) in [6, 6.07) is 15.1. The zero-order chi connectivity index (χ0) is 22.4. The van der Waals surface area contributed by atoms with E-state index in [0.29, 0.717) is 13.1 Å². The van der Waals surface area contributed by atoms with E-state index in [1.54, 1.807) is 16.7 Å². The maximum atomic E-state index is 12.3. The van der Waals surface area contributed by atoms with Crippen LogP contribution < -0.4 is 15.5 Å². The van der Waals surface area contributed by atoms with Gasteiger partial charge in [0.1, 0.15) is 5.60 Å². The minimum Gasteiger partial charge on any atom is -0.444 e. The molecule has 166 valence electrons. The van der Waals surface area contributed by atoms with E-state index in [0.717, 1.165) is 35.0 Å². The molecule has 0 unspecified atom stereocenters. The van der Waals surface area contributed by atoms with Gasteiger partial charge in [0.25, 0.3) is 0 Å². The summed E-state index contributed by atoms with van der Waals surface area (Å²) in [5, 5.41) is 5.76. The summed E-state index contributed by atoms with van der Waals surface area (Å²) in [5.41, 5.74) is 2.07. The number of amides is 3. The Balaban J connectivity index is 1.51. The lowest BCUT2D eigenvalue weighted by atomic mass is 10.2. The van der Waals surface area contributed by atoms with Crippen molar-refractivity contribution in [2.75, 3.05) is 48.0 Å². The van der Waals surface area contributed by atoms with E-state index in [4.69, 9.17) is 4.74 Å². The van der Waals surface area contributed by atoms with Gasteiger partial charge in [-0.3, -0.25) is 0 Å². The van der Waals surface area contributed by atoms with Crippen molar-refractivity contribution < 1.29 is 14.3 Å². The maximum Gasteiger partial charge on any atom is 0.410 e. The van der Waals surface area contributed by atoms with Gasteiger partial charge in [-0.2, -0.15) is 0 Å². The van der Waals surface area contributed by atoms with Crippen LogP contribution in [0.1, 0.15) is 20.8 Å². The summed E-state index contributed by atoms with van der Waals surface area (Å²) >= 11 is 1.59. The molecule has 2 aromatic carbocycles. The quantitative estimate of drug-likeness (QED) is 0.644. The SMILES string of the molecule is CSc1ccccc1NC(=O)Nc1ccc(N2CCN(C(=O)OC(C)(C)C)CC2)cc1. The van der Waals surface area contributed by atoms with Crippen LogP contribution in [0.3, 0.4) is 0 Å². The molecule has 0 radical (unpaired) electrons. The third-order valence-corrected chi connectivity index (χ3v) is 5.57. The van der Waals surface area contributed by atoms with E-state index in [1.807, 2.05) is 75.6 Å². The Kier molecular flexibility index (Phi) is 7.33. The van der Waals surface area contributed by atoms with Gasteiger partial charge in [0.15, 0.2) is 0 Å². The number of hydrogen-bond acceptors (Lipinski definition) is 5. The van der Waals surface area contributed by atoms with E-state index in [9.17, 15) is 9.59 Å². The van der Waals surface area contributed by atoms with Gasteiger partial charge in [0.2, 0.25) is 0 Å². The first-order valence-electron chi connectivity index (χ1n) is 10.3. The van der Waals surface area contributed by atoms with Crippen molar-refractivity contribution in [1.29, 1.82) is 0 Å². The van der Waals surface area contributed by atoms with Gasteiger partial charge in [-0.25, -0.2) is 9.59 Å². The molecule has 2 aromatic rings. The summed E-state index contributed by atoms with van der Waals surface area (Å²) < 4.78 is 5.45. The van der Waals surface area contributed by atoms with E-state index >= 15 is 0 Å². The van der Waals surface area contributed by atoms with Gasteiger partial charge in [0.05, 0.1) is 5.69 Å². The minimum absolute atomic E-state index is 0.263. The fourth-order valence-electron chi connectivity index (χ4n) is 3.26. The summed E-state index contributed by atoms with van der Waals surface area (Å²) in [6.45, 7) is 8.32. The largest absolute Gasteiger partial charge is 0.444 e. The molecule has 31 heavy (non-hydrogen) atoms. The van der Waals surface area contributed by atoms with E-state index in [-0.39, 0.29) is 12.1 Å². The molecular weight excluding hydrogens is 412 g/mol. The van der Waals surface area contributed by atoms with Crippen LogP contribution in [0.15, 0.2) is 53.4 Å². The molecule has 1 fully saturated rings. The Morgan fingerprint density at radius 1 is 0.935 bits per heavy atom. The second-order valence-corrected chi connectivity index (χ2v) is 9.13. The number of piperazine rings is 1. The number of nitrogens with zero attached hydrogens (tertiary/aromatic N) is 2. The van der Waals surface area contributed by atoms with Crippen molar-refractivity contribution in [3.8, 4) is 0 Å².